The molecule has 0 fully saturated rings. The van der Waals surface area contributed by atoms with Crippen molar-refractivity contribution >= 4 is 27.7 Å². The number of carbonyl (C=O) groups excluding carboxylic acids is 1. The number of aliphatic imine (C=N–C) groups is 1. The van der Waals surface area contributed by atoms with Crippen LogP contribution in [0.1, 0.15) is 35.6 Å². The molecular weight excluding hydrogens is 553 g/mol. The number of hydrazine groups is 1. The fraction of sp³-hybridized carbons (Fsp3) is 0.241. The van der Waals surface area contributed by atoms with Gasteiger partial charge in [0.05, 0.1) is 6.61 Å². The standard InChI is InChI=1S/C29H29BrFN3O4/c1-2-16-29(28(36)34-32-19-22-6-3-4-7-25(22)31)26(20-8-12-23(30)13-9-20)38-27(33-29)21-10-14-24(15-11-21)37-18-5-17-35/h2-4,6-15,26,32,35H,1,5,16-19H2,(H,34,36)/t26-,29-/m0/s1. The Morgan fingerprint density at radius 2 is 1.89 bits per heavy atom. The Bertz CT molecular complexity index is 1280. The summed E-state index contributed by atoms with van der Waals surface area (Å²) in [5, 5.41) is 8.95. The van der Waals surface area contributed by atoms with Crippen LogP contribution in [0.2, 0.25) is 0 Å². The van der Waals surface area contributed by atoms with Crippen molar-refractivity contribution in [3.63, 3.8) is 0 Å². The monoisotopic (exact) mass is 581 g/mol. The third kappa shape index (κ3) is 6.30. The molecule has 0 radical (unpaired) electrons. The predicted molar refractivity (Wildman–Crippen MR) is 147 cm³/mol. The number of nitrogens with zero attached hydrogens (tertiary/aromatic N) is 1. The summed E-state index contributed by atoms with van der Waals surface area (Å²) in [6, 6.07) is 21.1. The number of carbonyl (C=O) groups is 1. The number of aliphatic hydroxyl groups is 1. The highest BCUT2D eigenvalue weighted by atomic mass is 79.9. The van der Waals surface area contributed by atoms with Crippen LogP contribution in [0.4, 0.5) is 4.39 Å². The van der Waals surface area contributed by atoms with Crippen molar-refractivity contribution in [1.29, 1.82) is 0 Å². The molecule has 0 saturated heterocycles. The number of aliphatic hydroxyl groups excluding tert-OH is 1. The molecule has 1 amide bonds. The Balaban J connectivity index is 1.62. The van der Waals surface area contributed by atoms with Crippen LogP contribution in [0.3, 0.4) is 0 Å². The van der Waals surface area contributed by atoms with E-state index in [-0.39, 0.29) is 25.4 Å². The molecule has 1 aliphatic rings. The maximum Gasteiger partial charge on any atom is 0.266 e. The lowest BCUT2D eigenvalue weighted by atomic mass is 9.84. The largest absolute Gasteiger partial charge is 0.494 e. The minimum absolute atomic E-state index is 0.0583. The molecule has 7 nitrogen and oxygen atoms in total. The van der Waals surface area contributed by atoms with Crippen LogP contribution in [0.15, 0.2) is 94.9 Å². The number of halogens is 2. The Labute approximate surface area is 229 Å². The molecule has 4 rings (SSSR count). The van der Waals surface area contributed by atoms with Gasteiger partial charge in [0.1, 0.15) is 11.6 Å². The van der Waals surface area contributed by atoms with Gasteiger partial charge in [-0.2, -0.15) is 0 Å². The van der Waals surface area contributed by atoms with Crippen molar-refractivity contribution in [2.75, 3.05) is 13.2 Å². The smallest absolute Gasteiger partial charge is 0.266 e. The number of amides is 1. The van der Waals surface area contributed by atoms with E-state index in [0.29, 0.717) is 35.8 Å². The number of nitrogens with one attached hydrogen (secondary N) is 2. The van der Waals surface area contributed by atoms with Crippen LogP contribution in [0.25, 0.3) is 0 Å². The summed E-state index contributed by atoms with van der Waals surface area (Å²) in [4.78, 5) is 18.5. The maximum absolute atomic E-state index is 14.0. The van der Waals surface area contributed by atoms with Gasteiger partial charge in [-0.25, -0.2) is 14.8 Å². The Hall–Kier alpha value is -3.53. The average Bonchev–Trinajstić information content (AvgIpc) is 3.31. The minimum atomic E-state index is -1.36. The van der Waals surface area contributed by atoms with Crippen LogP contribution in [0, 0.1) is 5.82 Å². The van der Waals surface area contributed by atoms with Crippen molar-refractivity contribution in [2.45, 2.75) is 31.0 Å². The van der Waals surface area contributed by atoms with Crippen LogP contribution in [0.5, 0.6) is 5.75 Å². The molecule has 9 heteroatoms. The van der Waals surface area contributed by atoms with E-state index in [4.69, 9.17) is 19.6 Å². The van der Waals surface area contributed by atoms with Crippen LogP contribution in [-0.2, 0) is 16.1 Å². The lowest BCUT2D eigenvalue weighted by molar-refractivity contribution is -0.129. The Morgan fingerprint density at radius 3 is 2.58 bits per heavy atom. The van der Waals surface area contributed by atoms with Gasteiger partial charge in [-0.3, -0.25) is 10.2 Å². The van der Waals surface area contributed by atoms with E-state index < -0.39 is 17.6 Å². The minimum Gasteiger partial charge on any atom is -0.494 e. The lowest BCUT2D eigenvalue weighted by Gasteiger charge is -2.29. The second-order valence-corrected chi connectivity index (χ2v) is 9.65. The van der Waals surface area contributed by atoms with Gasteiger partial charge in [-0.05, 0) is 48.0 Å². The summed E-state index contributed by atoms with van der Waals surface area (Å²) in [6.07, 6.45) is 1.64. The van der Waals surface area contributed by atoms with E-state index in [9.17, 15) is 9.18 Å². The molecule has 3 N–H and O–H groups in total. The first-order chi connectivity index (χ1) is 18.5. The summed E-state index contributed by atoms with van der Waals surface area (Å²) in [7, 11) is 0. The zero-order valence-electron chi connectivity index (χ0n) is 20.7. The molecule has 0 aliphatic carbocycles. The first-order valence-electron chi connectivity index (χ1n) is 12.2. The van der Waals surface area contributed by atoms with Gasteiger partial charge in [0, 0.05) is 41.6 Å². The molecule has 198 valence electrons. The Kier molecular flexibility index (Phi) is 9.28. The fourth-order valence-corrected chi connectivity index (χ4v) is 4.41. The summed E-state index contributed by atoms with van der Waals surface area (Å²) in [6.45, 7) is 4.42. The van der Waals surface area contributed by atoms with Gasteiger partial charge in [0.2, 0.25) is 5.90 Å². The first kappa shape index (κ1) is 27.5. The third-order valence-corrected chi connectivity index (χ3v) is 6.63. The summed E-state index contributed by atoms with van der Waals surface area (Å²) in [5.74, 6) is 0.167. The highest BCUT2D eigenvalue weighted by Gasteiger charge is 2.52. The first-order valence-corrected chi connectivity index (χ1v) is 13.0. The van der Waals surface area contributed by atoms with Crippen molar-refractivity contribution in [1.82, 2.24) is 10.9 Å². The molecule has 0 spiro atoms. The van der Waals surface area contributed by atoms with Crippen LogP contribution in [-0.4, -0.2) is 35.7 Å². The predicted octanol–water partition coefficient (Wildman–Crippen LogP) is 5.00. The van der Waals surface area contributed by atoms with E-state index >= 15 is 0 Å². The van der Waals surface area contributed by atoms with Gasteiger partial charge >= 0.3 is 0 Å². The number of hydrogen-bond acceptors (Lipinski definition) is 6. The summed E-state index contributed by atoms with van der Waals surface area (Å²) in [5.41, 5.74) is 6.04. The normalized spacial score (nSPS) is 18.4. The quantitative estimate of drug-likeness (QED) is 0.159. The molecule has 1 heterocycles. The average molecular weight is 582 g/mol. The van der Waals surface area contributed by atoms with Crippen molar-refractivity contribution in [3.05, 3.63) is 112 Å². The Morgan fingerprint density at radius 1 is 1.16 bits per heavy atom. The van der Waals surface area contributed by atoms with Crippen LogP contribution >= 0.6 is 15.9 Å². The van der Waals surface area contributed by atoms with Gasteiger partial charge in [-0.15, -0.1) is 6.58 Å². The lowest BCUT2D eigenvalue weighted by Crippen LogP contribution is -2.52. The van der Waals surface area contributed by atoms with Gasteiger partial charge in [-0.1, -0.05) is 52.3 Å². The second kappa shape index (κ2) is 12.8. The molecule has 0 saturated carbocycles. The topological polar surface area (TPSA) is 92.2 Å². The van der Waals surface area contributed by atoms with Crippen molar-refractivity contribution in [3.8, 4) is 5.75 Å². The number of rotatable bonds is 12. The van der Waals surface area contributed by atoms with E-state index in [2.05, 4.69) is 33.4 Å². The van der Waals surface area contributed by atoms with Gasteiger partial charge in [0.25, 0.3) is 5.91 Å². The van der Waals surface area contributed by atoms with E-state index in [1.807, 2.05) is 36.4 Å². The molecule has 38 heavy (non-hydrogen) atoms. The zero-order valence-corrected chi connectivity index (χ0v) is 22.3. The molecule has 0 aromatic heterocycles. The molecule has 1 aliphatic heterocycles. The maximum atomic E-state index is 14.0. The van der Waals surface area contributed by atoms with E-state index in [1.54, 1.807) is 36.4 Å². The summed E-state index contributed by atoms with van der Waals surface area (Å²) >= 11 is 3.45. The third-order valence-electron chi connectivity index (χ3n) is 6.10. The van der Waals surface area contributed by atoms with Crippen molar-refractivity contribution < 1.29 is 23.8 Å². The number of hydrogen-bond donors (Lipinski definition) is 3. The van der Waals surface area contributed by atoms with Gasteiger partial charge < -0.3 is 14.6 Å². The number of ether oxygens (including phenoxy) is 2. The zero-order chi connectivity index (χ0) is 27.0. The van der Waals surface area contributed by atoms with Crippen molar-refractivity contribution in [2.24, 2.45) is 4.99 Å². The molecule has 0 bridgehead atoms. The molecule has 0 unspecified atom stereocenters. The number of benzene rings is 3. The SMILES string of the molecule is C=CC[C@]1(C(=O)NNCc2ccccc2F)N=C(c2ccc(OCCCO)cc2)O[C@H]1c1ccc(Br)cc1. The summed E-state index contributed by atoms with van der Waals surface area (Å²) < 4.78 is 26.9. The van der Waals surface area contributed by atoms with Crippen LogP contribution < -0.4 is 15.6 Å². The van der Waals surface area contributed by atoms with E-state index in [1.165, 1.54) is 6.07 Å². The second-order valence-electron chi connectivity index (χ2n) is 8.73. The highest BCUT2D eigenvalue weighted by molar-refractivity contribution is 9.10. The van der Waals surface area contributed by atoms with Gasteiger partial charge in [0.15, 0.2) is 11.6 Å². The fourth-order valence-electron chi connectivity index (χ4n) is 4.14. The molecule has 3 aromatic carbocycles. The molecular formula is C29H29BrFN3O4. The molecule has 2 atom stereocenters. The highest BCUT2D eigenvalue weighted by Crippen LogP contribution is 2.43. The molecule has 3 aromatic rings. The van der Waals surface area contributed by atoms with E-state index in [0.717, 1.165) is 10.0 Å².